The fraction of sp³-hybridized carbons (Fsp3) is 0.375. The Labute approximate surface area is 723 Å². The molecule has 0 bridgehead atoms. The molecule has 0 aromatic heterocycles. The van der Waals surface area contributed by atoms with E-state index >= 15 is 0 Å². The normalized spacial score (nSPS) is 16.5. The van der Waals surface area contributed by atoms with Crippen LogP contribution in [0.4, 0.5) is 9.59 Å². The van der Waals surface area contributed by atoms with Gasteiger partial charge in [-0.2, -0.15) is 4.99 Å². The van der Waals surface area contributed by atoms with Crippen molar-refractivity contribution in [3.8, 4) is 0 Å². The molecule has 0 spiro atoms. The molecule has 10 rings (SSSR count). The number of carbonyl (C=O) groups is 3. The van der Waals surface area contributed by atoms with Crippen molar-refractivity contribution in [3.05, 3.63) is 273 Å². The molecular formula is C80H102B2Br2ClN4Na2O14U. The van der Waals surface area contributed by atoms with Gasteiger partial charge in [-0.25, -0.2) is 14.4 Å². The number of amides is 2. The number of rotatable bonds is 24. The number of cyclic esters (lactones) is 2. The van der Waals surface area contributed by atoms with Crippen LogP contribution in [0.5, 0.6) is 0 Å². The zero-order valence-corrected chi connectivity index (χ0v) is 74.2. The maximum atomic E-state index is 13.0. The van der Waals surface area contributed by atoms with Crippen LogP contribution >= 0.6 is 43.5 Å². The van der Waals surface area contributed by atoms with Gasteiger partial charge in [0.15, 0.2) is 0 Å². The van der Waals surface area contributed by atoms with Crippen LogP contribution in [0.3, 0.4) is 0 Å². The van der Waals surface area contributed by atoms with E-state index in [1.165, 1.54) is 18.4 Å². The van der Waals surface area contributed by atoms with Gasteiger partial charge in [0.25, 0.3) is 6.47 Å². The summed E-state index contributed by atoms with van der Waals surface area (Å²) in [4.78, 5) is 54.7. The van der Waals surface area contributed by atoms with E-state index in [0.717, 1.165) is 94.1 Å². The molecule has 7 aromatic carbocycles. The van der Waals surface area contributed by atoms with E-state index in [2.05, 4.69) is 120 Å². The second-order valence-corrected chi connectivity index (χ2v) is 25.6. The summed E-state index contributed by atoms with van der Waals surface area (Å²) in [6.07, 6.45) is 15.1. The molecule has 106 heavy (non-hydrogen) atoms. The fourth-order valence-corrected chi connectivity index (χ4v) is 12.6. The topological polar surface area (TPSA) is 284 Å². The Balaban J connectivity index is -0.000000610. The first kappa shape index (κ1) is 106. The summed E-state index contributed by atoms with van der Waals surface area (Å²) in [5.41, 5.74) is 11.1. The third kappa shape index (κ3) is 37.0. The quantitative estimate of drug-likeness (QED) is 0.00549. The van der Waals surface area contributed by atoms with Crippen LogP contribution in [0.1, 0.15) is 174 Å². The molecule has 559 valence electrons. The van der Waals surface area contributed by atoms with Crippen molar-refractivity contribution in [3.63, 3.8) is 0 Å². The predicted molar refractivity (Wildman–Crippen MR) is 416 cm³/mol. The molecule has 0 aliphatic carbocycles. The molecule has 7 N–H and O–H groups in total. The van der Waals surface area contributed by atoms with E-state index in [0.29, 0.717) is 51.1 Å². The van der Waals surface area contributed by atoms with Crippen LogP contribution in [-0.4, -0.2) is 118 Å². The number of nitrogens with zero attached hydrogens (tertiary/aromatic N) is 3. The second-order valence-electron chi connectivity index (χ2n) is 23.4. The molecule has 18 nitrogen and oxygen atoms in total. The van der Waals surface area contributed by atoms with E-state index < -0.39 is 16.8 Å². The number of carbonyl (C=O) groups excluding carboxylic acids is 4. The van der Waals surface area contributed by atoms with Crippen LogP contribution in [0.25, 0.3) is 0 Å². The number of isocyanates is 1. The molecule has 3 aliphatic rings. The Hall–Kier alpha value is -4.48. The van der Waals surface area contributed by atoms with E-state index in [9.17, 15) is 24.6 Å². The van der Waals surface area contributed by atoms with Gasteiger partial charge in [0.05, 0.1) is 23.7 Å². The first-order valence-corrected chi connectivity index (χ1v) is 35.9. The van der Waals surface area contributed by atoms with Gasteiger partial charge in [-0.15, -0.1) is 24.8 Å². The van der Waals surface area contributed by atoms with Gasteiger partial charge in [0.2, 0.25) is 6.08 Å². The van der Waals surface area contributed by atoms with Crippen LogP contribution in [0.15, 0.2) is 239 Å². The molecule has 5 radical (unpaired) electrons. The minimum atomic E-state index is -0.856. The van der Waals surface area contributed by atoms with Crippen LogP contribution in [-0.2, 0) is 45.5 Å². The number of hydrogen-bond acceptors (Lipinski definition) is 16. The van der Waals surface area contributed by atoms with Crippen molar-refractivity contribution < 1.29 is 160 Å². The third-order valence-corrected chi connectivity index (χ3v) is 18.3. The largest absolute Gasteiger partial charge is 1.00 e. The molecule has 7 atom stereocenters. The minimum absolute atomic E-state index is 0. The average molecular weight is 1850 g/mol. The molecule has 2 amide bonds. The molecule has 0 saturated carbocycles. The van der Waals surface area contributed by atoms with Gasteiger partial charge in [-0.1, -0.05) is 248 Å². The van der Waals surface area contributed by atoms with E-state index in [1.807, 2.05) is 187 Å². The number of benzene rings is 7. The van der Waals surface area contributed by atoms with Gasteiger partial charge < -0.3 is 55.6 Å². The molecule has 7 aromatic rings. The molecular weight excluding hydrogens is 1740 g/mol. The Bertz CT molecular complexity index is 3420. The molecule has 3 heterocycles. The van der Waals surface area contributed by atoms with Crippen LogP contribution < -0.4 is 70.1 Å². The second kappa shape index (κ2) is 63.2. The van der Waals surface area contributed by atoms with Crippen molar-refractivity contribution in [2.45, 2.75) is 152 Å². The first-order chi connectivity index (χ1) is 49.5. The van der Waals surface area contributed by atoms with E-state index in [4.69, 9.17) is 53.4 Å². The Kier molecular flexibility index (Phi) is 63.0. The summed E-state index contributed by atoms with van der Waals surface area (Å²) in [6.45, 7) is 19.0. The van der Waals surface area contributed by atoms with E-state index in [1.54, 1.807) is 12.2 Å². The number of aliphatic imine (C=N–C) groups is 1. The fourth-order valence-electron chi connectivity index (χ4n) is 11.7. The molecule has 3 fully saturated rings. The van der Waals surface area contributed by atoms with Gasteiger partial charge in [0.1, 0.15) is 11.2 Å². The Morgan fingerprint density at radius 1 is 0.679 bits per heavy atom. The molecule has 3 aliphatic heterocycles. The third-order valence-electron chi connectivity index (χ3n) is 17.0. The zero-order chi connectivity index (χ0) is 75.4. The molecule has 26 heteroatoms. The minimum Gasteiger partial charge on any atom is -0.870 e. The zero-order valence-electron chi connectivity index (χ0n) is 63.1. The van der Waals surface area contributed by atoms with Gasteiger partial charge in [-0.05, 0) is 129 Å². The van der Waals surface area contributed by atoms with E-state index in [-0.39, 0.29) is 154 Å². The maximum absolute atomic E-state index is 13.0. The number of ether oxygens (including phenoxy) is 3. The summed E-state index contributed by atoms with van der Waals surface area (Å²) in [7, 11) is 3.75. The van der Waals surface area contributed by atoms with Crippen molar-refractivity contribution in [1.82, 2.24) is 9.80 Å². The number of aliphatic hydroxyl groups excluding tert-OH is 1. The first-order valence-electron chi connectivity index (χ1n) is 34.3. The molecule has 1 unspecified atom stereocenters. The number of hydrogen-bond donors (Lipinski definition) is 5. The van der Waals surface area contributed by atoms with Gasteiger partial charge in [0, 0.05) is 121 Å². The number of alkyl halides is 1. The van der Waals surface area contributed by atoms with Crippen LogP contribution in [0, 0.1) is 31.1 Å². The average Bonchev–Trinajstić information content (AvgIpc) is 0.784. The summed E-state index contributed by atoms with van der Waals surface area (Å²) in [5, 5.41) is 40.1. The summed E-state index contributed by atoms with van der Waals surface area (Å²) < 4.78 is 24.4. The monoisotopic (exact) mass is 1840 g/mol. The van der Waals surface area contributed by atoms with Crippen molar-refractivity contribution in [1.29, 1.82) is 1.34 Å². The van der Waals surface area contributed by atoms with Crippen molar-refractivity contribution in [2.24, 2.45) is 10.7 Å². The number of aliphatic hydroxyl groups is 2. The molecule has 3 saturated heterocycles. The van der Waals surface area contributed by atoms with Crippen LogP contribution in [0.2, 0.25) is 0 Å². The smallest absolute Gasteiger partial charge is 0.870 e. The number of nitrogens with two attached hydrogens (primary N) is 1. The summed E-state index contributed by atoms with van der Waals surface area (Å²) >= 11 is 12.6. The standard InChI is InChI=1S/C22H26BrNO3.C22H24BrNO2.C12H15ClO.C10H11NO.C9H13N.C4H8O.CH2O3.BH.B.2Na.H2O2.H2O.U/c1-2-20(17-9-11-19(23)12-10-17)24-15-14-22(13-6-16-25,27-21(24)26)18-7-4-3-5-8-18;1-3-14-22(18-8-6-5-7-9-18)15-16-24(21(25)26-22)20(4-2)17-10-12-19(23)13-11-17;1-2-8-12(14,9-10-13)11-6-4-3-5-7-11;1-2-10(11-8-12)9-6-4-3-5-7-9;1-2-9(10)8-6-4-3-5-7-8;1-2-4-5-3-1;2-1-4-3;;;;;1-2;;/h3-5,7-12,20,25H,2,6,13-16H2,1H3;3,5-13,20H,1,4,14-16H2,2H3;2-7,14H,1,8-10H2;3-7,10H,2H2,1H3;3-7,9H,2,10H2,1H3;1-4H2;1,3H;1H;;;;1-2H;1H2;/q;;;;;;;;;2*+1;;;/p-2/t2*20-,22+;;10-;9-;;;;;;;;;/m00.00........./s1/i;;;;;;;1D;;;;;;. The summed E-state index contributed by atoms with van der Waals surface area (Å²) in [6, 6.07) is 65.9. The summed E-state index contributed by atoms with van der Waals surface area (Å²) in [5.74, 6) is 0.444. The Morgan fingerprint density at radius 3 is 1.42 bits per heavy atom. The van der Waals surface area contributed by atoms with Gasteiger partial charge in [-0.3, -0.25) is 15.3 Å². The van der Waals surface area contributed by atoms with Crippen molar-refractivity contribution >= 4 is 85.0 Å². The SMILES string of the molecule is C1CCOC1.C=CCC(O)(CCCl)c1ccccc1.C=CC[C@]1(c2ccccc2)CCN([C@@H](CC)c2ccc(Br)cc2)C(=O)O1.CC[C@@H](c1ccc(Br)cc1)N1CC[C@](CCCO)(c2ccccc2)OC1=O.CC[C@H](N)c1ccccc1.CC[C@H](N=C=O)c1ccccc1.O=CO[O-].OO.[2H][B].[B].[Na+].[Na+].[OH-].[U]. The van der Waals surface area contributed by atoms with Crippen molar-refractivity contribution in [2.75, 3.05) is 38.8 Å². The predicted octanol–water partition coefficient (Wildman–Crippen LogP) is 11.3. The maximum Gasteiger partial charge on any atom is 1.00 e. The Morgan fingerprint density at radius 2 is 1.08 bits per heavy atom. The number of halogens is 3. The van der Waals surface area contributed by atoms with Gasteiger partial charge >= 0.3 is 71.3 Å².